The molecular weight excluding hydrogens is 335 g/mol. The Hall–Kier alpha value is -0.870. The maximum atomic E-state index is 11.9. The van der Waals surface area contributed by atoms with Gasteiger partial charge in [0.25, 0.3) is 5.56 Å². The van der Waals surface area contributed by atoms with Gasteiger partial charge in [-0.25, -0.2) is 4.79 Å². The third kappa shape index (κ3) is 3.72. The van der Waals surface area contributed by atoms with Crippen LogP contribution in [0, 0.1) is 0 Å². The van der Waals surface area contributed by atoms with Gasteiger partial charge in [-0.1, -0.05) is 0 Å². The standard InChI is InChI=1S/C11H17N2O7PS/c1-18-9-8(20-21(2,17)22)6(5-14)19-10(9)13-4-3-7(15)12-11(13)16/h3-4,6,8-10,14H,5H2,1-2H3,(H,17,22)(H,12,15,16)/t6-,8-,9-,10-,21?/m1/s1. The number of aliphatic hydroxyl groups excluding tert-OH is 1. The van der Waals surface area contributed by atoms with Crippen LogP contribution in [0.3, 0.4) is 0 Å². The summed E-state index contributed by atoms with van der Waals surface area (Å²) < 4.78 is 17.4. The van der Waals surface area contributed by atoms with Crippen molar-refractivity contribution in [3.05, 3.63) is 33.1 Å². The molecule has 1 aromatic heterocycles. The highest BCUT2D eigenvalue weighted by Crippen LogP contribution is 2.44. The molecule has 2 rings (SSSR count). The second-order valence-electron chi connectivity index (χ2n) is 4.84. The van der Waals surface area contributed by atoms with Crippen LogP contribution < -0.4 is 11.2 Å². The van der Waals surface area contributed by atoms with Crippen LogP contribution in [0.1, 0.15) is 6.23 Å². The van der Waals surface area contributed by atoms with Gasteiger partial charge >= 0.3 is 5.69 Å². The van der Waals surface area contributed by atoms with Crippen molar-refractivity contribution in [2.45, 2.75) is 24.5 Å². The SMILES string of the molecule is CO[C@@H]1[C@H](OP(C)(O)=S)[C@@H](CO)O[C@H]1n1ccc(=O)[nH]c1=O. The van der Waals surface area contributed by atoms with Crippen LogP contribution in [-0.2, 0) is 25.8 Å². The molecule has 0 spiro atoms. The van der Waals surface area contributed by atoms with Crippen molar-refractivity contribution in [2.75, 3.05) is 20.4 Å². The number of aliphatic hydroxyl groups is 1. The predicted molar refractivity (Wildman–Crippen MR) is 80.4 cm³/mol. The average molecular weight is 352 g/mol. The molecule has 0 aliphatic carbocycles. The van der Waals surface area contributed by atoms with Gasteiger partial charge in [0.1, 0.15) is 18.3 Å². The van der Waals surface area contributed by atoms with Crippen LogP contribution in [0.5, 0.6) is 0 Å². The van der Waals surface area contributed by atoms with E-state index in [0.29, 0.717) is 0 Å². The Balaban J connectivity index is 2.38. The molecule has 0 saturated carbocycles. The molecule has 1 aliphatic heterocycles. The van der Waals surface area contributed by atoms with Crippen LogP contribution in [0.15, 0.2) is 21.9 Å². The molecule has 0 radical (unpaired) electrons. The monoisotopic (exact) mass is 352 g/mol. The zero-order valence-corrected chi connectivity index (χ0v) is 13.6. The zero-order valence-electron chi connectivity index (χ0n) is 11.9. The van der Waals surface area contributed by atoms with Gasteiger partial charge in [0.2, 0.25) is 0 Å². The largest absolute Gasteiger partial charge is 0.394 e. The minimum Gasteiger partial charge on any atom is -0.394 e. The lowest BCUT2D eigenvalue weighted by atomic mass is 10.1. The molecule has 5 atom stereocenters. The summed E-state index contributed by atoms with van der Waals surface area (Å²) in [5.74, 6) is 0. The van der Waals surface area contributed by atoms with E-state index in [0.717, 1.165) is 10.6 Å². The smallest absolute Gasteiger partial charge is 0.330 e. The third-order valence-electron chi connectivity index (χ3n) is 3.18. The fourth-order valence-corrected chi connectivity index (χ4v) is 3.32. The van der Waals surface area contributed by atoms with Crippen molar-refractivity contribution in [3.8, 4) is 0 Å². The fourth-order valence-electron chi connectivity index (χ4n) is 2.31. The summed E-state index contributed by atoms with van der Waals surface area (Å²) >= 11 is 4.86. The first kappa shape index (κ1) is 17.5. The van der Waals surface area contributed by atoms with Crippen molar-refractivity contribution in [1.29, 1.82) is 0 Å². The van der Waals surface area contributed by atoms with E-state index in [9.17, 15) is 19.6 Å². The fraction of sp³-hybridized carbons (Fsp3) is 0.636. The lowest BCUT2D eigenvalue weighted by Gasteiger charge is -2.25. The van der Waals surface area contributed by atoms with Crippen LogP contribution >= 0.6 is 6.49 Å². The molecule has 2 heterocycles. The Labute approximate surface area is 130 Å². The summed E-state index contributed by atoms with van der Waals surface area (Å²) in [7, 11) is 1.38. The molecule has 1 saturated heterocycles. The number of ether oxygens (including phenoxy) is 2. The van der Waals surface area contributed by atoms with E-state index in [1.54, 1.807) is 0 Å². The molecule has 3 N–H and O–H groups in total. The van der Waals surface area contributed by atoms with Crippen molar-refractivity contribution in [1.82, 2.24) is 9.55 Å². The van der Waals surface area contributed by atoms with Crippen LogP contribution in [0.25, 0.3) is 0 Å². The highest BCUT2D eigenvalue weighted by molar-refractivity contribution is 8.09. The van der Waals surface area contributed by atoms with E-state index in [4.69, 9.17) is 25.8 Å². The highest BCUT2D eigenvalue weighted by Gasteiger charge is 2.48. The molecule has 1 unspecified atom stereocenters. The van der Waals surface area contributed by atoms with Crippen LogP contribution in [0.2, 0.25) is 0 Å². The normalized spacial score (nSPS) is 31.1. The van der Waals surface area contributed by atoms with Crippen molar-refractivity contribution in [3.63, 3.8) is 0 Å². The predicted octanol–water partition coefficient (Wildman–Crippen LogP) is -1.24. The Morgan fingerprint density at radius 2 is 2.18 bits per heavy atom. The van der Waals surface area contributed by atoms with Crippen LogP contribution in [0.4, 0.5) is 0 Å². The van der Waals surface area contributed by atoms with Gasteiger partial charge in [-0.3, -0.25) is 14.3 Å². The molecule has 0 aromatic carbocycles. The van der Waals surface area contributed by atoms with Gasteiger partial charge in [-0.15, -0.1) is 0 Å². The molecule has 22 heavy (non-hydrogen) atoms. The Bertz CT molecular complexity index is 684. The van der Waals surface area contributed by atoms with E-state index in [-0.39, 0.29) is 0 Å². The molecule has 0 bridgehead atoms. The molecule has 1 aromatic rings. The molecule has 9 nitrogen and oxygen atoms in total. The number of hydrogen-bond donors (Lipinski definition) is 3. The summed E-state index contributed by atoms with van der Waals surface area (Å²) in [6.07, 6.45) is -2.15. The molecular formula is C11H17N2O7PS. The first-order chi connectivity index (χ1) is 10.3. The molecule has 124 valence electrons. The first-order valence-corrected chi connectivity index (χ1v) is 9.48. The number of hydrogen-bond acceptors (Lipinski definition) is 7. The number of nitrogens with one attached hydrogen (secondary N) is 1. The van der Waals surface area contributed by atoms with Crippen LogP contribution in [-0.4, -0.2) is 58.2 Å². The van der Waals surface area contributed by atoms with Gasteiger partial charge in [0.05, 0.1) is 6.61 Å². The minimum atomic E-state index is -3.04. The number of H-pyrrole nitrogens is 1. The Kier molecular flexibility index (Phi) is 5.33. The molecule has 1 fully saturated rings. The van der Waals surface area contributed by atoms with Gasteiger partial charge in [0, 0.05) is 26.0 Å². The molecule has 0 amide bonds. The maximum Gasteiger partial charge on any atom is 0.330 e. The first-order valence-electron chi connectivity index (χ1n) is 6.36. The topological polar surface area (TPSA) is 123 Å². The third-order valence-corrected chi connectivity index (χ3v) is 4.07. The quantitative estimate of drug-likeness (QED) is 0.562. The van der Waals surface area contributed by atoms with E-state index in [2.05, 4.69) is 4.98 Å². The number of aromatic amines is 1. The van der Waals surface area contributed by atoms with Crippen molar-refractivity contribution in [2.24, 2.45) is 0 Å². The van der Waals surface area contributed by atoms with Gasteiger partial charge < -0.3 is 24.0 Å². The van der Waals surface area contributed by atoms with Gasteiger partial charge in [-0.05, 0) is 11.8 Å². The highest BCUT2D eigenvalue weighted by atomic mass is 32.5. The summed E-state index contributed by atoms with van der Waals surface area (Å²) in [6.45, 7) is -2.08. The minimum absolute atomic E-state index is 0.408. The number of nitrogens with zero attached hydrogens (tertiary/aromatic N) is 1. The van der Waals surface area contributed by atoms with Crippen molar-refractivity contribution >= 4 is 18.3 Å². The number of aromatic nitrogens is 2. The molecule has 11 heteroatoms. The van der Waals surface area contributed by atoms with Crippen molar-refractivity contribution < 1.29 is 24.0 Å². The summed E-state index contributed by atoms with van der Waals surface area (Å²) in [5, 5.41) is 9.42. The average Bonchev–Trinajstić information content (AvgIpc) is 2.74. The Morgan fingerprint density at radius 3 is 2.68 bits per heavy atom. The number of methoxy groups -OCH3 is 1. The van der Waals surface area contributed by atoms with E-state index in [1.165, 1.54) is 20.0 Å². The Morgan fingerprint density at radius 1 is 1.50 bits per heavy atom. The van der Waals surface area contributed by atoms with Gasteiger partial charge in [-0.2, -0.15) is 0 Å². The van der Waals surface area contributed by atoms with E-state index >= 15 is 0 Å². The molecule has 1 aliphatic rings. The maximum absolute atomic E-state index is 11.9. The second-order valence-corrected chi connectivity index (χ2v) is 8.69. The van der Waals surface area contributed by atoms with E-state index < -0.39 is 48.9 Å². The lowest BCUT2D eigenvalue weighted by molar-refractivity contribution is -0.0625. The number of rotatable bonds is 5. The lowest BCUT2D eigenvalue weighted by Crippen LogP contribution is -2.39. The van der Waals surface area contributed by atoms with E-state index in [1.807, 2.05) is 0 Å². The summed E-state index contributed by atoms with van der Waals surface area (Å²) in [5.41, 5.74) is -1.23. The summed E-state index contributed by atoms with van der Waals surface area (Å²) in [6, 6.07) is 1.16. The second kappa shape index (κ2) is 6.71. The zero-order chi connectivity index (χ0) is 16.5. The van der Waals surface area contributed by atoms with Gasteiger partial charge in [0.15, 0.2) is 12.7 Å². The summed E-state index contributed by atoms with van der Waals surface area (Å²) in [4.78, 5) is 34.9.